The van der Waals surface area contributed by atoms with Crippen LogP contribution in [0.4, 0.5) is 0 Å². The third-order valence-electron chi connectivity index (χ3n) is 4.45. The molecule has 2 aliphatic heterocycles. The van der Waals surface area contributed by atoms with E-state index in [0.717, 1.165) is 12.0 Å². The first kappa shape index (κ1) is 13.3. The van der Waals surface area contributed by atoms with Crippen LogP contribution >= 0.6 is 0 Å². The van der Waals surface area contributed by atoms with Gasteiger partial charge in [-0.3, -0.25) is 0 Å². The maximum atomic E-state index is 3.58. The quantitative estimate of drug-likeness (QED) is 0.782. The van der Waals surface area contributed by atoms with Crippen molar-refractivity contribution in [3.05, 3.63) is 0 Å². The third-order valence-corrected chi connectivity index (χ3v) is 4.45. The van der Waals surface area contributed by atoms with Gasteiger partial charge in [0, 0.05) is 12.6 Å². The highest BCUT2D eigenvalue weighted by molar-refractivity contribution is 4.77. The van der Waals surface area contributed by atoms with Crippen LogP contribution in [0.2, 0.25) is 0 Å². The molecule has 3 heteroatoms. The molecule has 0 spiro atoms. The van der Waals surface area contributed by atoms with Gasteiger partial charge in [0.2, 0.25) is 0 Å². The van der Waals surface area contributed by atoms with E-state index in [9.17, 15) is 0 Å². The second kappa shape index (κ2) is 6.72. The number of nitrogens with zero attached hydrogens (tertiary/aromatic N) is 2. The van der Waals surface area contributed by atoms with E-state index in [4.69, 9.17) is 0 Å². The molecule has 100 valence electrons. The first-order valence-corrected chi connectivity index (χ1v) is 7.34. The molecule has 1 unspecified atom stereocenters. The second-order valence-corrected chi connectivity index (χ2v) is 6.09. The zero-order chi connectivity index (χ0) is 12.1. The second-order valence-electron chi connectivity index (χ2n) is 6.09. The van der Waals surface area contributed by atoms with E-state index in [2.05, 4.69) is 29.2 Å². The summed E-state index contributed by atoms with van der Waals surface area (Å²) in [5, 5.41) is 3.58. The highest BCUT2D eigenvalue weighted by Gasteiger charge is 2.19. The molecule has 3 nitrogen and oxygen atoms in total. The number of nitrogens with one attached hydrogen (secondary N) is 1. The molecule has 0 bridgehead atoms. The average molecular weight is 239 g/mol. The molecule has 2 fully saturated rings. The summed E-state index contributed by atoms with van der Waals surface area (Å²) in [6.45, 7) is 6.36. The van der Waals surface area contributed by atoms with Gasteiger partial charge in [0.05, 0.1) is 0 Å². The first-order valence-electron chi connectivity index (χ1n) is 7.34. The van der Waals surface area contributed by atoms with E-state index in [0.29, 0.717) is 0 Å². The van der Waals surface area contributed by atoms with Crippen LogP contribution in [0.3, 0.4) is 0 Å². The van der Waals surface area contributed by atoms with Gasteiger partial charge < -0.3 is 15.1 Å². The minimum Gasteiger partial charge on any atom is -0.313 e. The lowest BCUT2D eigenvalue weighted by Crippen LogP contribution is -2.37. The fraction of sp³-hybridized carbons (Fsp3) is 1.00. The maximum absolute atomic E-state index is 3.58. The van der Waals surface area contributed by atoms with Crippen molar-refractivity contribution in [3.8, 4) is 0 Å². The Labute approximate surface area is 107 Å². The molecule has 0 radical (unpaired) electrons. The van der Waals surface area contributed by atoms with Gasteiger partial charge in [-0.25, -0.2) is 0 Å². The van der Waals surface area contributed by atoms with E-state index in [1.165, 1.54) is 64.8 Å². The van der Waals surface area contributed by atoms with Crippen LogP contribution < -0.4 is 5.32 Å². The van der Waals surface area contributed by atoms with Gasteiger partial charge in [0.15, 0.2) is 0 Å². The molecule has 0 saturated carbocycles. The molecule has 2 heterocycles. The van der Waals surface area contributed by atoms with Gasteiger partial charge in [-0.15, -0.1) is 0 Å². The summed E-state index contributed by atoms with van der Waals surface area (Å²) in [6, 6.07) is 0.762. The van der Waals surface area contributed by atoms with Crippen LogP contribution in [0.15, 0.2) is 0 Å². The monoisotopic (exact) mass is 239 g/mol. The zero-order valence-electron chi connectivity index (χ0n) is 11.6. The molecule has 2 rings (SSSR count). The molecule has 0 aromatic heterocycles. The van der Waals surface area contributed by atoms with Crippen LogP contribution in [0.25, 0.3) is 0 Å². The molecule has 0 aromatic carbocycles. The van der Waals surface area contributed by atoms with E-state index in [1.54, 1.807) is 0 Å². The fourth-order valence-corrected chi connectivity index (χ4v) is 3.13. The Morgan fingerprint density at radius 2 is 2.00 bits per heavy atom. The van der Waals surface area contributed by atoms with Crippen LogP contribution in [0, 0.1) is 5.92 Å². The Balaban J connectivity index is 1.57. The normalized spacial score (nSPS) is 28.1. The van der Waals surface area contributed by atoms with E-state index in [-0.39, 0.29) is 0 Å². The van der Waals surface area contributed by atoms with Gasteiger partial charge in [0.1, 0.15) is 0 Å². The fourth-order valence-electron chi connectivity index (χ4n) is 3.13. The minimum atomic E-state index is 0.762. The van der Waals surface area contributed by atoms with E-state index >= 15 is 0 Å². The van der Waals surface area contributed by atoms with Crippen LogP contribution in [-0.4, -0.2) is 62.7 Å². The minimum absolute atomic E-state index is 0.762. The van der Waals surface area contributed by atoms with Crippen molar-refractivity contribution in [2.24, 2.45) is 5.92 Å². The highest BCUT2D eigenvalue weighted by atomic mass is 15.1. The lowest BCUT2D eigenvalue weighted by atomic mass is 9.93. The van der Waals surface area contributed by atoms with Crippen molar-refractivity contribution >= 4 is 0 Å². The summed E-state index contributed by atoms with van der Waals surface area (Å²) in [4.78, 5) is 4.99. The maximum Gasteiger partial charge on any atom is 0.0195 e. The van der Waals surface area contributed by atoms with Crippen LogP contribution in [0.5, 0.6) is 0 Å². The summed E-state index contributed by atoms with van der Waals surface area (Å²) in [5.74, 6) is 0.977. The lowest BCUT2D eigenvalue weighted by Gasteiger charge is -2.30. The Morgan fingerprint density at radius 1 is 1.24 bits per heavy atom. The highest BCUT2D eigenvalue weighted by Crippen LogP contribution is 2.19. The smallest absolute Gasteiger partial charge is 0.0195 e. The molecule has 2 saturated heterocycles. The van der Waals surface area contributed by atoms with Crippen molar-refractivity contribution in [1.29, 1.82) is 0 Å². The molecular weight excluding hydrogens is 210 g/mol. The molecule has 17 heavy (non-hydrogen) atoms. The summed E-state index contributed by atoms with van der Waals surface area (Å²) in [5.41, 5.74) is 0. The molecule has 1 atom stereocenters. The summed E-state index contributed by atoms with van der Waals surface area (Å²) < 4.78 is 0. The predicted molar refractivity (Wildman–Crippen MR) is 73.4 cm³/mol. The first-order chi connectivity index (χ1) is 8.24. The predicted octanol–water partition coefficient (Wildman–Crippen LogP) is 1.40. The van der Waals surface area contributed by atoms with Crippen molar-refractivity contribution in [1.82, 2.24) is 15.1 Å². The molecular formula is C14H29N3. The van der Waals surface area contributed by atoms with Crippen LogP contribution in [-0.2, 0) is 0 Å². The number of piperidine rings is 1. The third kappa shape index (κ3) is 4.57. The Hall–Kier alpha value is -0.120. The van der Waals surface area contributed by atoms with Crippen LogP contribution in [0.1, 0.15) is 32.1 Å². The standard InChI is InChI=1S/C14H29N3/c1-16-9-5-13(6-10-16)7-11-17(2)12-14-4-3-8-15-14/h13-15H,3-12H2,1-2H3. The zero-order valence-corrected chi connectivity index (χ0v) is 11.6. The van der Waals surface area contributed by atoms with Crippen molar-refractivity contribution in [3.63, 3.8) is 0 Å². The number of likely N-dealkylation sites (tertiary alicyclic amines) is 1. The van der Waals surface area contributed by atoms with Gasteiger partial charge in [0.25, 0.3) is 0 Å². The van der Waals surface area contributed by atoms with Gasteiger partial charge in [-0.1, -0.05) is 0 Å². The van der Waals surface area contributed by atoms with Crippen molar-refractivity contribution in [2.75, 3.05) is 46.8 Å². The van der Waals surface area contributed by atoms with E-state index < -0.39 is 0 Å². The molecule has 0 amide bonds. The van der Waals surface area contributed by atoms with E-state index in [1.807, 2.05) is 0 Å². The largest absolute Gasteiger partial charge is 0.313 e. The lowest BCUT2D eigenvalue weighted by molar-refractivity contribution is 0.192. The average Bonchev–Trinajstić information content (AvgIpc) is 2.81. The van der Waals surface area contributed by atoms with Gasteiger partial charge in [-0.2, -0.15) is 0 Å². The summed E-state index contributed by atoms with van der Waals surface area (Å²) in [6.07, 6.45) is 6.96. The van der Waals surface area contributed by atoms with Crippen molar-refractivity contribution in [2.45, 2.75) is 38.1 Å². The Bertz CT molecular complexity index is 206. The Kier molecular flexibility index (Phi) is 5.26. The Morgan fingerprint density at radius 3 is 2.65 bits per heavy atom. The summed E-state index contributed by atoms with van der Waals surface area (Å²) in [7, 11) is 4.53. The SMILES string of the molecule is CN1CCC(CCN(C)CC2CCCN2)CC1. The topological polar surface area (TPSA) is 18.5 Å². The van der Waals surface area contributed by atoms with Gasteiger partial charge >= 0.3 is 0 Å². The number of hydrogen-bond donors (Lipinski definition) is 1. The molecule has 2 aliphatic rings. The molecule has 0 aliphatic carbocycles. The number of hydrogen-bond acceptors (Lipinski definition) is 3. The van der Waals surface area contributed by atoms with Crippen molar-refractivity contribution < 1.29 is 0 Å². The number of likely N-dealkylation sites (N-methyl/N-ethyl adjacent to an activating group) is 1. The van der Waals surface area contributed by atoms with Gasteiger partial charge in [-0.05, 0) is 78.3 Å². The molecule has 1 N–H and O–H groups in total. The number of rotatable bonds is 5. The molecule has 0 aromatic rings. The summed E-state index contributed by atoms with van der Waals surface area (Å²) >= 11 is 0.